The number of likely N-dealkylation sites (tertiary alicyclic amines) is 1. The number of carboxylic acids is 1. The van der Waals surface area contributed by atoms with Gasteiger partial charge in [-0.25, -0.2) is 4.39 Å². The van der Waals surface area contributed by atoms with E-state index in [-0.39, 0.29) is 12.2 Å². The largest absolute Gasteiger partial charge is 0.480 e. The number of carbonyl (C=O) groups is 2. The molecule has 0 bridgehead atoms. The zero-order valence-corrected chi connectivity index (χ0v) is 11.2. The Kier molecular flexibility index (Phi) is 4.84. The monoisotopic (exact) mass is 279 g/mol. The van der Waals surface area contributed by atoms with E-state index in [1.807, 2.05) is 4.90 Å². The minimum absolute atomic E-state index is 0.0685. The fourth-order valence-electron chi connectivity index (χ4n) is 2.53. The van der Waals surface area contributed by atoms with Crippen molar-refractivity contribution in [2.75, 3.05) is 13.1 Å². The fraction of sp³-hybridized carbons (Fsp3) is 0.467. The summed E-state index contributed by atoms with van der Waals surface area (Å²) < 4.78 is 12.8. The summed E-state index contributed by atoms with van der Waals surface area (Å²) in [5.41, 5.74) is 0.356. The molecule has 4 nitrogen and oxygen atoms in total. The highest BCUT2D eigenvalue weighted by Gasteiger charge is 2.29. The SMILES string of the molecule is O=C(C[C@@H](C(=O)O)N1CCCCC1)c1ccc(F)cc1. The highest BCUT2D eigenvalue weighted by atomic mass is 19.1. The maximum absolute atomic E-state index is 12.8. The fourth-order valence-corrected chi connectivity index (χ4v) is 2.53. The Hall–Kier alpha value is -1.75. The minimum Gasteiger partial charge on any atom is -0.480 e. The lowest BCUT2D eigenvalue weighted by Crippen LogP contribution is -2.45. The molecule has 0 radical (unpaired) electrons. The molecule has 20 heavy (non-hydrogen) atoms. The van der Waals surface area contributed by atoms with Gasteiger partial charge in [-0.3, -0.25) is 14.5 Å². The van der Waals surface area contributed by atoms with Gasteiger partial charge in [-0.2, -0.15) is 0 Å². The molecule has 0 aliphatic carbocycles. The number of halogens is 1. The predicted molar refractivity (Wildman–Crippen MR) is 72.2 cm³/mol. The molecule has 1 fully saturated rings. The summed E-state index contributed by atoms with van der Waals surface area (Å²) in [5, 5.41) is 9.31. The first-order valence-corrected chi connectivity index (χ1v) is 6.83. The van der Waals surface area contributed by atoms with Crippen LogP contribution in [0.5, 0.6) is 0 Å². The second kappa shape index (κ2) is 6.61. The number of rotatable bonds is 5. The van der Waals surface area contributed by atoms with Gasteiger partial charge >= 0.3 is 5.97 Å². The molecule has 108 valence electrons. The summed E-state index contributed by atoms with van der Waals surface area (Å²) in [7, 11) is 0. The lowest BCUT2D eigenvalue weighted by molar-refractivity contribution is -0.143. The van der Waals surface area contributed by atoms with Gasteiger partial charge in [0.2, 0.25) is 0 Å². The quantitative estimate of drug-likeness (QED) is 0.840. The number of Topliss-reactive ketones (excluding diaryl/α,β-unsaturated/α-hetero) is 1. The Bertz CT molecular complexity index is 480. The zero-order chi connectivity index (χ0) is 14.5. The van der Waals surface area contributed by atoms with E-state index in [9.17, 15) is 19.1 Å². The molecule has 1 N–H and O–H groups in total. The van der Waals surface area contributed by atoms with Crippen molar-refractivity contribution in [2.45, 2.75) is 31.7 Å². The van der Waals surface area contributed by atoms with Crippen LogP contribution in [0, 0.1) is 5.82 Å². The average molecular weight is 279 g/mol. The van der Waals surface area contributed by atoms with Crippen LogP contribution < -0.4 is 0 Å². The summed E-state index contributed by atoms with van der Waals surface area (Å²) in [6, 6.07) is 4.43. The van der Waals surface area contributed by atoms with E-state index >= 15 is 0 Å². The highest BCUT2D eigenvalue weighted by Crippen LogP contribution is 2.17. The first-order valence-electron chi connectivity index (χ1n) is 6.83. The molecular weight excluding hydrogens is 261 g/mol. The molecule has 1 aliphatic rings. The van der Waals surface area contributed by atoms with Crippen molar-refractivity contribution in [3.8, 4) is 0 Å². The molecule has 0 aromatic heterocycles. The maximum Gasteiger partial charge on any atom is 0.321 e. The standard InChI is InChI=1S/C15H18FNO3/c16-12-6-4-11(5-7-12)14(18)10-13(15(19)20)17-8-2-1-3-9-17/h4-7,13H,1-3,8-10H2,(H,19,20)/t13-/m0/s1. The van der Waals surface area contributed by atoms with E-state index in [1.165, 1.54) is 24.3 Å². The van der Waals surface area contributed by atoms with Crippen LogP contribution in [0.3, 0.4) is 0 Å². The lowest BCUT2D eigenvalue weighted by atomic mass is 10.0. The van der Waals surface area contributed by atoms with E-state index in [1.54, 1.807) is 0 Å². The number of hydrogen-bond donors (Lipinski definition) is 1. The van der Waals surface area contributed by atoms with Gasteiger partial charge in [-0.1, -0.05) is 6.42 Å². The van der Waals surface area contributed by atoms with Crippen LogP contribution in [0.1, 0.15) is 36.0 Å². The first-order chi connectivity index (χ1) is 9.58. The molecule has 1 aromatic rings. The summed E-state index contributed by atoms with van der Waals surface area (Å²) in [5.74, 6) is -1.64. The van der Waals surface area contributed by atoms with Crippen LogP contribution >= 0.6 is 0 Å². The Morgan fingerprint density at radius 2 is 1.75 bits per heavy atom. The number of carboxylic acid groups (broad SMARTS) is 1. The van der Waals surface area contributed by atoms with E-state index in [4.69, 9.17) is 0 Å². The Morgan fingerprint density at radius 3 is 2.30 bits per heavy atom. The normalized spacial score (nSPS) is 17.6. The second-order valence-corrected chi connectivity index (χ2v) is 5.08. The lowest BCUT2D eigenvalue weighted by Gasteiger charge is -2.31. The molecule has 1 aliphatic heterocycles. The number of aliphatic carboxylic acids is 1. The summed E-state index contributed by atoms with van der Waals surface area (Å²) in [6.07, 6.45) is 2.97. The molecule has 1 saturated heterocycles. The first kappa shape index (κ1) is 14.7. The van der Waals surface area contributed by atoms with Crippen molar-refractivity contribution < 1.29 is 19.1 Å². The molecule has 0 spiro atoms. The third-order valence-corrected chi connectivity index (χ3v) is 3.66. The van der Waals surface area contributed by atoms with Crippen LogP contribution in [-0.4, -0.2) is 40.9 Å². The minimum atomic E-state index is -0.970. The van der Waals surface area contributed by atoms with Crippen LogP contribution in [0.2, 0.25) is 0 Å². The van der Waals surface area contributed by atoms with Gasteiger partial charge in [-0.15, -0.1) is 0 Å². The van der Waals surface area contributed by atoms with Crippen molar-refractivity contribution in [3.05, 3.63) is 35.6 Å². The molecule has 1 atom stereocenters. The van der Waals surface area contributed by atoms with Gasteiger partial charge in [0.25, 0.3) is 0 Å². The molecule has 2 rings (SSSR count). The number of benzene rings is 1. The Labute approximate surface area is 117 Å². The van der Waals surface area contributed by atoms with Crippen molar-refractivity contribution in [2.24, 2.45) is 0 Å². The summed E-state index contributed by atoms with van der Waals surface area (Å²) in [6.45, 7) is 1.43. The van der Waals surface area contributed by atoms with E-state index in [0.29, 0.717) is 18.7 Å². The van der Waals surface area contributed by atoms with E-state index in [2.05, 4.69) is 0 Å². The van der Waals surface area contributed by atoms with Gasteiger partial charge in [-0.05, 0) is 50.2 Å². The van der Waals surface area contributed by atoms with Crippen LogP contribution in [0.15, 0.2) is 24.3 Å². The Balaban J connectivity index is 2.05. The maximum atomic E-state index is 12.8. The molecule has 5 heteroatoms. The van der Waals surface area contributed by atoms with Gasteiger partial charge in [0.05, 0.1) is 0 Å². The van der Waals surface area contributed by atoms with Crippen molar-refractivity contribution >= 4 is 11.8 Å². The van der Waals surface area contributed by atoms with Crippen molar-refractivity contribution in [1.82, 2.24) is 4.90 Å². The molecule has 0 saturated carbocycles. The highest BCUT2D eigenvalue weighted by molar-refractivity contribution is 5.98. The molecule has 1 aromatic carbocycles. The smallest absolute Gasteiger partial charge is 0.321 e. The summed E-state index contributed by atoms with van der Waals surface area (Å²) >= 11 is 0. The second-order valence-electron chi connectivity index (χ2n) is 5.08. The number of hydrogen-bond acceptors (Lipinski definition) is 3. The molecule has 0 amide bonds. The number of ketones is 1. The van der Waals surface area contributed by atoms with Crippen molar-refractivity contribution in [3.63, 3.8) is 0 Å². The van der Waals surface area contributed by atoms with Crippen molar-refractivity contribution in [1.29, 1.82) is 0 Å². The topological polar surface area (TPSA) is 57.6 Å². The predicted octanol–water partition coefficient (Wildman–Crippen LogP) is 2.34. The van der Waals surface area contributed by atoms with Crippen LogP contribution in [0.4, 0.5) is 4.39 Å². The zero-order valence-electron chi connectivity index (χ0n) is 11.2. The number of carbonyl (C=O) groups excluding carboxylic acids is 1. The van der Waals surface area contributed by atoms with E-state index < -0.39 is 17.8 Å². The van der Waals surface area contributed by atoms with Gasteiger partial charge < -0.3 is 5.11 Å². The van der Waals surface area contributed by atoms with E-state index in [0.717, 1.165) is 19.3 Å². The Morgan fingerprint density at radius 1 is 1.15 bits per heavy atom. The van der Waals surface area contributed by atoms with Crippen LogP contribution in [-0.2, 0) is 4.79 Å². The summed E-state index contributed by atoms with van der Waals surface area (Å²) in [4.78, 5) is 25.3. The van der Waals surface area contributed by atoms with Gasteiger partial charge in [0, 0.05) is 12.0 Å². The third kappa shape index (κ3) is 3.63. The molecule has 1 heterocycles. The number of piperidine rings is 1. The average Bonchev–Trinajstić information content (AvgIpc) is 2.46. The molecule has 0 unspecified atom stereocenters. The van der Waals surface area contributed by atoms with Gasteiger partial charge in [0.1, 0.15) is 11.9 Å². The number of nitrogens with zero attached hydrogens (tertiary/aromatic N) is 1. The third-order valence-electron chi connectivity index (χ3n) is 3.66. The molecular formula is C15H18FNO3. The van der Waals surface area contributed by atoms with Gasteiger partial charge in [0.15, 0.2) is 5.78 Å². The van der Waals surface area contributed by atoms with Crippen LogP contribution in [0.25, 0.3) is 0 Å².